The SMILES string of the molecule is Cl.O[C@H]1CN[C@H](CNC2CCSC2)C1. The van der Waals surface area contributed by atoms with Crippen molar-refractivity contribution in [1.29, 1.82) is 0 Å². The number of aliphatic hydroxyl groups is 1. The zero-order valence-corrected chi connectivity index (χ0v) is 9.87. The fourth-order valence-electron chi connectivity index (χ4n) is 1.96. The van der Waals surface area contributed by atoms with Crippen LogP contribution in [0.4, 0.5) is 0 Å². The van der Waals surface area contributed by atoms with E-state index in [1.165, 1.54) is 17.9 Å². The van der Waals surface area contributed by atoms with Crippen LogP contribution in [-0.4, -0.2) is 47.9 Å². The van der Waals surface area contributed by atoms with E-state index >= 15 is 0 Å². The first-order chi connectivity index (χ1) is 6.34. The molecule has 0 saturated carbocycles. The highest BCUT2D eigenvalue weighted by molar-refractivity contribution is 7.99. The molecule has 2 heterocycles. The highest BCUT2D eigenvalue weighted by Crippen LogP contribution is 2.17. The molecule has 2 aliphatic heterocycles. The first-order valence-electron chi connectivity index (χ1n) is 5.07. The largest absolute Gasteiger partial charge is 0.392 e. The molecule has 2 fully saturated rings. The molecule has 3 nitrogen and oxygen atoms in total. The number of thioether (sulfide) groups is 1. The molecule has 0 radical (unpaired) electrons. The van der Waals surface area contributed by atoms with Gasteiger partial charge in [0.15, 0.2) is 0 Å². The number of rotatable bonds is 3. The Morgan fingerprint density at radius 2 is 2.36 bits per heavy atom. The van der Waals surface area contributed by atoms with E-state index in [-0.39, 0.29) is 18.5 Å². The van der Waals surface area contributed by atoms with Gasteiger partial charge in [0, 0.05) is 30.9 Å². The quantitative estimate of drug-likeness (QED) is 0.659. The first-order valence-corrected chi connectivity index (χ1v) is 6.22. The molecule has 3 atom stereocenters. The molecule has 0 aromatic carbocycles. The fraction of sp³-hybridized carbons (Fsp3) is 1.00. The monoisotopic (exact) mass is 238 g/mol. The maximum Gasteiger partial charge on any atom is 0.0680 e. The third kappa shape index (κ3) is 3.59. The minimum atomic E-state index is -0.121. The normalized spacial score (nSPS) is 37.1. The summed E-state index contributed by atoms with van der Waals surface area (Å²) in [5.41, 5.74) is 0. The summed E-state index contributed by atoms with van der Waals surface area (Å²) >= 11 is 2.03. The van der Waals surface area contributed by atoms with E-state index in [1.807, 2.05) is 11.8 Å². The topological polar surface area (TPSA) is 44.3 Å². The van der Waals surface area contributed by atoms with Crippen LogP contribution in [0.2, 0.25) is 0 Å². The van der Waals surface area contributed by atoms with Crippen LogP contribution in [0.15, 0.2) is 0 Å². The average molecular weight is 239 g/mol. The third-order valence-corrected chi connectivity index (χ3v) is 3.94. The van der Waals surface area contributed by atoms with E-state index in [2.05, 4.69) is 10.6 Å². The maximum absolute atomic E-state index is 9.30. The van der Waals surface area contributed by atoms with Crippen LogP contribution < -0.4 is 10.6 Å². The lowest BCUT2D eigenvalue weighted by Crippen LogP contribution is -2.39. The Morgan fingerprint density at radius 1 is 1.50 bits per heavy atom. The van der Waals surface area contributed by atoms with Crippen LogP contribution in [0, 0.1) is 0 Å². The van der Waals surface area contributed by atoms with Crippen molar-refractivity contribution >= 4 is 24.2 Å². The van der Waals surface area contributed by atoms with E-state index in [4.69, 9.17) is 0 Å². The van der Waals surface area contributed by atoms with Crippen molar-refractivity contribution < 1.29 is 5.11 Å². The van der Waals surface area contributed by atoms with E-state index in [1.54, 1.807) is 0 Å². The molecule has 84 valence electrons. The van der Waals surface area contributed by atoms with Gasteiger partial charge < -0.3 is 15.7 Å². The van der Waals surface area contributed by atoms with Crippen molar-refractivity contribution in [2.75, 3.05) is 24.6 Å². The third-order valence-electron chi connectivity index (χ3n) is 2.78. The molecule has 5 heteroatoms. The molecular formula is C9H19ClN2OS. The lowest BCUT2D eigenvalue weighted by atomic mass is 10.2. The van der Waals surface area contributed by atoms with Gasteiger partial charge in [0.25, 0.3) is 0 Å². The summed E-state index contributed by atoms with van der Waals surface area (Å²) < 4.78 is 0. The maximum atomic E-state index is 9.30. The van der Waals surface area contributed by atoms with Gasteiger partial charge in [0.05, 0.1) is 6.10 Å². The van der Waals surface area contributed by atoms with Crippen molar-refractivity contribution in [3.05, 3.63) is 0 Å². The second-order valence-corrected chi connectivity index (χ2v) is 5.11. The van der Waals surface area contributed by atoms with Gasteiger partial charge in [-0.1, -0.05) is 0 Å². The van der Waals surface area contributed by atoms with Gasteiger partial charge in [-0.3, -0.25) is 0 Å². The summed E-state index contributed by atoms with van der Waals surface area (Å²) in [6, 6.07) is 1.20. The highest BCUT2D eigenvalue weighted by atomic mass is 35.5. The van der Waals surface area contributed by atoms with Crippen LogP contribution in [0.1, 0.15) is 12.8 Å². The number of aliphatic hydroxyl groups excluding tert-OH is 1. The molecular weight excluding hydrogens is 220 g/mol. The van der Waals surface area contributed by atoms with Crippen molar-refractivity contribution in [2.24, 2.45) is 0 Å². The smallest absolute Gasteiger partial charge is 0.0680 e. The highest BCUT2D eigenvalue weighted by Gasteiger charge is 2.23. The Morgan fingerprint density at radius 3 is 2.93 bits per heavy atom. The van der Waals surface area contributed by atoms with Crippen LogP contribution in [0.25, 0.3) is 0 Å². The van der Waals surface area contributed by atoms with Crippen LogP contribution >= 0.6 is 24.2 Å². The van der Waals surface area contributed by atoms with Gasteiger partial charge in [0.2, 0.25) is 0 Å². The number of hydrogen-bond donors (Lipinski definition) is 3. The van der Waals surface area contributed by atoms with E-state index in [0.29, 0.717) is 12.1 Å². The number of halogens is 1. The second kappa shape index (κ2) is 6.18. The van der Waals surface area contributed by atoms with Crippen molar-refractivity contribution in [2.45, 2.75) is 31.0 Å². The predicted octanol–water partition coefficient (Wildman–Crippen LogP) is 0.226. The molecule has 0 bridgehead atoms. The molecule has 2 aliphatic rings. The number of β-amino-alcohol motifs (C(OH)–C–C–N with tert-alkyl or cyclic N) is 1. The van der Waals surface area contributed by atoms with E-state index < -0.39 is 0 Å². The fourth-order valence-corrected chi connectivity index (χ4v) is 3.14. The average Bonchev–Trinajstić information content (AvgIpc) is 2.71. The Balaban J connectivity index is 0.000000980. The molecule has 1 unspecified atom stereocenters. The summed E-state index contributed by atoms with van der Waals surface area (Å²) in [6.07, 6.45) is 2.09. The summed E-state index contributed by atoms with van der Waals surface area (Å²) in [5.74, 6) is 2.56. The van der Waals surface area contributed by atoms with Crippen LogP contribution in [-0.2, 0) is 0 Å². The Kier molecular flexibility index (Phi) is 5.56. The van der Waals surface area contributed by atoms with Gasteiger partial charge in [-0.25, -0.2) is 0 Å². The molecule has 2 saturated heterocycles. The van der Waals surface area contributed by atoms with Crippen molar-refractivity contribution in [3.63, 3.8) is 0 Å². The van der Waals surface area contributed by atoms with Gasteiger partial charge in [-0.15, -0.1) is 12.4 Å². The lowest BCUT2D eigenvalue weighted by molar-refractivity contribution is 0.193. The predicted molar refractivity (Wildman–Crippen MR) is 63.4 cm³/mol. The van der Waals surface area contributed by atoms with Crippen molar-refractivity contribution in [3.8, 4) is 0 Å². The van der Waals surface area contributed by atoms with Crippen molar-refractivity contribution in [1.82, 2.24) is 10.6 Å². The lowest BCUT2D eigenvalue weighted by Gasteiger charge is -2.15. The summed E-state index contributed by atoms with van der Waals surface area (Å²) in [4.78, 5) is 0. The first kappa shape index (κ1) is 12.6. The molecule has 0 spiro atoms. The molecule has 0 amide bonds. The zero-order valence-electron chi connectivity index (χ0n) is 8.24. The van der Waals surface area contributed by atoms with Gasteiger partial charge >= 0.3 is 0 Å². The molecule has 0 aromatic rings. The minimum absolute atomic E-state index is 0. The Bertz CT molecular complexity index is 167. The Hall–Kier alpha value is 0.520. The summed E-state index contributed by atoms with van der Waals surface area (Å²) in [5, 5.41) is 16.2. The summed E-state index contributed by atoms with van der Waals surface area (Å²) in [6.45, 7) is 1.79. The van der Waals surface area contributed by atoms with Gasteiger partial charge in [0.1, 0.15) is 0 Å². The van der Waals surface area contributed by atoms with E-state index in [0.717, 1.165) is 19.5 Å². The van der Waals surface area contributed by atoms with Crippen LogP contribution in [0.5, 0.6) is 0 Å². The molecule has 2 rings (SSSR count). The van der Waals surface area contributed by atoms with Crippen LogP contribution in [0.3, 0.4) is 0 Å². The Labute approximate surface area is 95.8 Å². The van der Waals surface area contributed by atoms with E-state index in [9.17, 15) is 5.11 Å². The molecule has 0 aliphatic carbocycles. The molecule has 0 aromatic heterocycles. The van der Waals surface area contributed by atoms with Gasteiger partial charge in [-0.05, 0) is 18.6 Å². The summed E-state index contributed by atoms with van der Waals surface area (Å²) in [7, 11) is 0. The molecule has 3 N–H and O–H groups in total. The second-order valence-electron chi connectivity index (χ2n) is 3.96. The minimum Gasteiger partial charge on any atom is -0.392 e. The molecule has 14 heavy (non-hydrogen) atoms. The number of hydrogen-bond acceptors (Lipinski definition) is 4. The number of nitrogens with one attached hydrogen (secondary N) is 2. The standard InChI is InChI=1S/C9H18N2OS.ClH/c12-9-3-8(11-5-9)4-10-7-1-2-13-6-7;/h7-12H,1-6H2;1H/t7?,8-,9+;/m0./s1. The zero-order chi connectivity index (χ0) is 9.10. The van der Waals surface area contributed by atoms with Gasteiger partial charge in [-0.2, -0.15) is 11.8 Å².